The van der Waals surface area contributed by atoms with E-state index in [4.69, 9.17) is 20.2 Å². The van der Waals surface area contributed by atoms with Crippen LogP contribution < -0.4 is 10.6 Å². The Balaban J connectivity index is 1.65. The zero-order valence-electron chi connectivity index (χ0n) is 18.0. The molecular weight excluding hydrogens is 390 g/mol. The number of aryl methyl sites for hydroxylation is 1. The van der Waals surface area contributed by atoms with Gasteiger partial charge in [-0.05, 0) is 18.4 Å². The number of nitrogens with one attached hydrogen (secondary N) is 3. The predicted molar refractivity (Wildman–Crippen MR) is 122 cm³/mol. The van der Waals surface area contributed by atoms with Gasteiger partial charge in [-0.2, -0.15) is 5.10 Å². The van der Waals surface area contributed by atoms with E-state index in [9.17, 15) is 0 Å². The third kappa shape index (κ3) is 4.34. The summed E-state index contributed by atoms with van der Waals surface area (Å²) >= 11 is 0. The quantitative estimate of drug-likeness (QED) is 0.310. The van der Waals surface area contributed by atoms with E-state index in [1.165, 1.54) is 0 Å². The molecule has 0 aliphatic heterocycles. The summed E-state index contributed by atoms with van der Waals surface area (Å²) in [5.41, 5.74) is 6.23. The number of hydrogen-bond acceptors (Lipinski definition) is 6. The first-order chi connectivity index (χ1) is 15.1. The van der Waals surface area contributed by atoms with E-state index in [1.54, 1.807) is 19.4 Å². The molecule has 4 rings (SSSR count). The molecule has 0 fully saturated rings. The molecule has 0 amide bonds. The molecule has 3 N–H and O–H groups in total. The summed E-state index contributed by atoms with van der Waals surface area (Å²) in [6.45, 7) is 3.46. The Labute approximate surface area is 181 Å². The number of ether oxygens (including phenoxy) is 1. The van der Waals surface area contributed by atoms with Gasteiger partial charge in [-0.3, -0.25) is 10.1 Å². The zero-order chi connectivity index (χ0) is 21.8. The summed E-state index contributed by atoms with van der Waals surface area (Å²) in [6.07, 6.45) is 6.06. The molecule has 160 valence electrons. The van der Waals surface area contributed by atoms with Gasteiger partial charge in [-0.1, -0.05) is 37.3 Å². The Kier molecular flexibility index (Phi) is 6.08. The van der Waals surface area contributed by atoms with Crippen LogP contribution in [-0.2, 0) is 18.2 Å². The van der Waals surface area contributed by atoms with Crippen molar-refractivity contribution in [2.75, 3.05) is 25.6 Å². The van der Waals surface area contributed by atoms with E-state index in [-0.39, 0.29) is 11.8 Å². The fourth-order valence-electron chi connectivity index (χ4n) is 3.86. The van der Waals surface area contributed by atoms with E-state index >= 15 is 0 Å². The molecule has 0 bridgehead atoms. The second-order valence-electron chi connectivity index (χ2n) is 7.58. The van der Waals surface area contributed by atoms with Crippen molar-refractivity contribution in [2.45, 2.75) is 19.3 Å². The van der Waals surface area contributed by atoms with Crippen molar-refractivity contribution in [3.05, 3.63) is 60.1 Å². The van der Waals surface area contributed by atoms with Gasteiger partial charge in [0.25, 0.3) is 0 Å². The smallest absolute Gasteiger partial charge is 0.228 e. The van der Waals surface area contributed by atoms with Gasteiger partial charge >= 0.3 is 0 Å². The topological polar surface area (TPSA) is 101 Å². The molecule has 3 aromatic rings. The van der Waals surface area contributed by atoms with Crippen LogP contribution in [0.2, 0.25) is 0 Å². The van der Waals surface area contributed by atoms with Crippen molar-refractivity contribution < 1.29 is 4.74 Å². The van der Waals surface area contributed by atoms with Crippen molar-refractivity contribution >= 4 is 11.8 Å². The number of methoxy groups -OCH3 is 1. The average Bonchev–Trinajstić information content (AvgIpc) is 3.10. The number of hydrogen-bond donors (Lipinski definition) is 3. The fourth-order valence-corrected chi connectivity index (χ4v) is 3.86. The van der Waals surface area contributed by atoms with Crippen LogP contribution in [0.3, 0.4) is 0 Å². The summed E-state index contributed by atoms with van der Waals surface area (Å²) in [6, 6.07) is 10.2. The van der Waals surface area contributed by atoms with E-state index in [0.717, 1.165) is 40.2 Å². The van der Waals surface area contributed by atoms with Crippen LogP contribution in [0.25, 0.3) is 22.5 Å². The number of nitrogens with zero attached hydrogens (tertiary/aromatic N) is 4. The van der Waals surface area contributed by atoms with E-state index in [1.807, 2.05) is 36.1 Å². The molecule has 8 heteroatoms. The highest BCUT2D eigenvalue weighted by molar-refractivity contribution is 6.00. The van der Waals surface area contributed by atoms with Gasteiger partial charge < -0.3 is 15.4 Å². The molecule has 2 heterocycles. The second kappa shape index (κ2) is 9.09. The Bertz CT molecular complexity index is 1100. The number of aromatic nitrogens is 4. The predicted octanol–water partition coefficient (Wildman–Crippen LogP) is 3.34. The number of amidine groups is 1. The molecule has 1 atom stereocenters. The SMILES string of the molecule is COCCN/C=C\C(=N)Nc1ncc2c(n1)-c1c(nn(C)c1-c1ccccc1)CC2C. The van der Waals surface area contributed by atoms with Gasteiger partial charge in [0.15, 0.2) is 0 Å². The first kappa shape index (κ1) is 20.7. The van der Waals surface area contributed by atoms with Crippen molar-refractivity contribution in [1.29, 1.82) is 5.41 Å². The van der Waals surface area contributed by atoms with Gasteiger partial charge in [-0.25, -0.2) is 9.97 Å². The highest BCUT2D eigenvalue weighted by Crippen LogP contribution is 2.43. The van der Waals surface area contributed by atoms with E-state index in [2.05, 4.69) is 34.7 Å². The minimum Gasteiger partial charge on any atom is -0.388 e. The Morgan fingerprint density at radius 3 is 2.90 bits per heavy atom. The van der Waals surface area contributed by atoms with E-state index in [0.29, 0.717) is 19.1 Å². The molecule has 0 saturated heterocycles. The third-order valence-electron chi connectivity index (χ3n) is 5.32. The second-order valence-corrected chi connectivity index (χ2v) is 7.58. The molecule has 2 aromatic heterocycles. The van der Waals surface area contributed by atoms with Crippen LogP contribution in [-0.4, -0.2) is 45.8 Å². The van der Waals surface area contributed by atoms with Crippen LogP contribution >= 0.6 is 0 Å². The lowest BCUT2D eigenvalue weighted by molar-refractivity contribution is 0.203. The first-order valence-corrected chi connectivity index (χ1v) is 10.3. The minimum absolute atomic E-state index is 0.198. The summed E-state index contributed by atoms with van der Waals surface area (Å²) < 4.78 is 6.92. The standard InChI is InChI=1S/C23H27N7O/c1-15-13-18-20(22(30(2)29-18)16-7-5-4-6-8-16)21-17(15)14-26-23(28-21)27-19(24)9-10-25-11-12-31-3/h4-10,14-15,25H,11-13H2,1-3H3,(H2,24,26,27,28)/b10-9-. The molecule has 1 unspecified atom stereocenters. The largest absolute Gasteiger partial charge is 0.388 e. The number of benzene rings is 1. The van der Waals surface area contributed by atoms with Gasteiger partial charge in [0, 0.05) is 49.8 Å². The molecule has 1 aliphatic carbocycles. The van der Waals surface area contributed by atoms with Gasteiger partial charge in [0.05, 0.1) is 23.7 Å². The number of anilines is 1. The van der Waals surface area contributed by atoms with E-state index < -0.39 is 0 Å². The summed E-state index contributed by atoms with van der Waals surface area (Å²) in [4.78, 5) is 9.27. The molecule has 0 saturated carbocycles. The van der Waals surface area contributed by atoms with Crippen molar-refractivity contribution in [3.8, 4) is 22.5 Å². The maximum Gasteiger partial charge on any atom is 0.228 e. The number of rotatable bonds is 7. The maximum absolute atomic E-state index is 8.15. The average molecular weight is 418 g/mol. The summed E-state index contributed by atoms with van der Waals surface area (Å²) in [5.74, 6) is 0.871. The molecule has 1 aromatic carbocycles. The Morgan fingerprint density at radius 1 is 1.32 bits per heavy atom. The van der Waals surface area contributed by atoms with Gasteiger partial charge in [0.1, 0.15) is 5.84 Å². The minimum atomic E-state index is 0.198. The van der Waals surface area contributed by atoms with Gasteiger partial charge in [0.2, 0.25) is 5.95 Å². The van der Waals surface area contributed by atoms with Gasteiger partial charge in [-0.15, -0.1) is 0 Å². The lowest BCUT2D eigenvalue weighted by atomic mass is 9.85. The first-order valence-electron chi connectivity index (χ1n) is 10.3. The highest BCUT2D eigenvalue weighted by atomic mass is 16.5. The molecule has 31 heavy (non-hydrogen) atoms. The third-order valence-corrected chi connectivity index (χ3v) is 5.32. The normalized spacial score (nSPS) is 14.9. The Morgan fingerprint density at radius 2 is 2.13 bits per heavy atom. The van der Waals surface area contributed by atoms with Crippen molar-refractivity contribution in [2.24, 2.45) is 7.05 Å². The zero-order valence-corrected chi connectivity index (χ0v) is 18.0. The van der Waals surface area contributed by atoms with Crippen LogP contribution in [0.4, 0.5) is 5.95 Å². The Hall–Kier alpha value is -3.52. The fraction of sp³-hybridized carbons (Fsp3) is 0.304. The lowest BCUT2D eigenvalue weighted by Crippen LogP contribution is -2.16. The molecule has 1 aliphatic rings. The lowest BCUT2D eigenvalue weighted by Gasteiger charge is -2.22. The van der Waals surface area contributed by atoms with Crippen LogP contribution in [0, 0.1) is 5.41 Å². The van der Waals surface area contributed by atoms with Crippen LogP contribution in [0.5, 0.6) is 0 Å². The summed E-state index contributed by atoms with van der Waals surface area (Å²) in [5, 5.41) is 19.0. The molecule has 0 radical (unpaired) electrons. The highest BCUT2D eigenvalue weighted by Gasteiger charge is 2.30. The van der Waals surface area contributed by atoms with Crippen molar-refractivity contribution in [1.82, 2.24) is 25.1 Å². The summed E-state index contributed by atoms with van der Waals surface area (Å²) in [7, 11) is 3.63. The number of fused-ring (bicyclic) bond motifs is 3. The van der Waals surface area contributed by atoms with Crippen LogP contribution in [0.15, 0.2) is 48.8 Å². The van der Waals surface area contributed by atoms with Crippen molar-refractivity contribution in [3.63, 3.8) is 0 Å². The molecular formula is C23H27N7O. The monoisotopic (exact) mass is 417 g/mol. The maximum atomic E-state index is 8.15. The van der Waals surface area contributed by atoms with Crippen LogP contribution in [0.1, 0.15) is 24.1 Å². The molecule has 8 nitrogen and oxygen atoms in total. The molecule has 0 spiro atoms.